The average Bonchev–Trinajstić information content (AvgIpc) is 3.30. The Balaban J connectivity index is 1.32. The molecule has 41 heavy (non-hydrogen) atoms. The van der Waals surface area contributed by atoms with Crippen LogP contribution in [0.1, 0.15) is 68.8 Å². The van der Waals surface area contributed by atoms with Crippen LogP contribution < -0.4 is 15.8 Å². The molecule has 220 valence electrons. The number of nitrogens with one attached hydrogen (secondary N) is 1. The molecule has 2 fully saturated rings. The molecule has 4 N–H and O–H groups in total. The van der Waals surface area contributed by atoms with Crippen LogP contribution in [0.4, 0.5) is 10.3 Å². The van der Waals surface area contributed by atoms with Gasteiger partial charge in [0.05, 0.1) is 16.6 Å². The molecule has 0 radical (unpaired) electrons. The Morgan fingerprint density at radius 2 is 1.76 bits per heavy atom. The number of aromatic nitrogens is 2. The van der Waals surface area contributed by atoms with Gasteiger partial charge >= 0.3 is 0 Å². The van der Waals surface area contributed by atoms with Gasteiger partial charge in [0.15, 0.2) is 0 Å². The molecule has 2 aliphatic rings. The summed E-state index contributed by atoms with van der Waals surface area (Å²) in [5.41, 5.74) is 6.81. The number of fused-ring (bicyclic) bond motifs is 1. The highest BCUT2D eigenvalue weighted by molar-refractivity contribution is 6.04. The molecular formula is C31H40FN5O4. The zero-order valence-corrected chi connectivity index (χ0v) is 23.8. The summed E-state index contributed by atoms with van der Waals surface area (Å²) < 4.78 is 21.6. The van der Waals surface area contributed by atoms with Crippen LogP contribution in [0.3, 0.4) is 0 Å². The zero-order valence-electron chi connectivity index (χ0n) is 23.8. The first kappa shape index (κ1) is 29.0. The Hall–Kier alpha value is -3.50. The standard InChI is InChI=1S/C31H40FN5O4/c1-31(2,40)22-13-15-36(16-14-22)17-18-41-25-11-12-26-27(19-25)37(24-9-5-20(6-10-24)28(33)38)30(34-26)35-29(39)21-3-7-23(32)8-4-21/h3-4,7-8,11-12,19-20,22,24,40H,5-6,9-10,13-18H2,1-2H3,(H2,33,38)(H,34,35,39). The molecular weight excluding hydrogens is 525 g/mol. The van der Waals surface area contributed by atoms with Gasteiger partial charge in [-0.05, 0) is 108 Å². The van der Waals surface area contributed by atoms with E-state index in [0.29, 0.717) is 42.6 Å². The molecule has 1 saturated carbocycles. The Kier molecular flexibility index (Phi) is 8.60. The van der Waals surface area contributed by atoms with Crippen LogP contribution in [0.15, 0.2) is 42.5 Å². The van der Waals surface area contributed by atoms with Crippen LogP contribution in [-0.2, 0) is 4.79 Å². The lowest BCUT2D eigenvalue weighted by atomic mass is 9.83. The third-order valence-corrected chi connectivity index (χ3v) is 8.72. The van der Waals surface area contributed by atoms with Crippen LogP contribution in [-0.4, -0.2) is 63.2 Å². The molecule has 9 nitrogen and oxygen atoms in total. The number of aliphatic hydroxyl groups is 1. The van der Waals surface area contributed by atoms with Crippen molar-refractivity contribution in [3.05, 3.63) is 53.8 Å². The summed E-state index contributed by atoms with van der Waals surface area (Å²) in [6.07, 6.45) is 4.74. The molecule has 5 rings (SSSR count). The molecule has 0 unspecified atom stereocenters. The monoisotopic (exact) mass is 565 g/mol. The van der Waals surface area contributed by atoms with Gasteiger partial charge in [-0.2, -0.15) is 0 Å². The average molecular weight is 566 g/mol. The van der Waals surface area contributed by atoms with Crippen molar-refractivity contribution in [3.63, 3.8) is 0 Å². The van der Waals surface area contributed by atoms with Crippen molar-refractivity contribution in [1.82, 2.24) is 14.5 Å². The van der Waals surface area contributed by atoms with Gasteiger partial charge < -0.3 is 20.1 Å². The van der Waals surface area contributed by atoms with Crippen LogP contribution in [0.5, 0.6) is 5.75 Å². The quantitative estimate of drug-likeness (QED) is 0.351. The number of piperidine rings is 1. The number of anilines is 1. The largest absolute Gasteiger partial charge is 0.492 e. The minimum Gasteiger partial charge on any atom is -0.492 e. The van der Waals surface area contributed by atoms with Gasteiger partial charge in [0.25, 0.3) is 5.91 Å². The highest BCUT2D eigenvalue weighted by Gasteiger charge is 2.31. The number of nitrogens with zero attached hydrogens (tertiary/aromatic N) is 3. The van der Waals surface area contributed by atoms with Crippen LogP contribution >= 0.6 is 0 Å². The van der Waals surface area contributed by atoms with Gasteiger partial charge in [0.2, 0.25) is 11.9 Å². The number of ether oxygens (including phenoxy) is 1. The summed E-state index contributed by atoms with van der Waals surface area (Å²) in [5, 5.41) is 13.2. The maximum absolute atomic E-state index is 13.4. The first-order valence-corrected chi connectivity index (χ1v) is 14.5. The van der Waals surface area contributed by atoms with E-state index in [4.69, 9.17) is 15.5 Å². The van der Waals surface area contributed by atoms with Gasteiger partial charge in [0.1, 0.15) is 18.2 Å². The topological polar surface area (TPSA) is 123 Å². The molecule has 1 saturated heterocycles. The fraction of sp³-hybridized carbons (Fsp3) is 0.516. The number of carbonyl (C=O) groups excluding carboxylic acids is 2. The second kappa shape index (κ2) is 12.2. The van der Waals surface area contributed by atoms with E-state index in [1.54, 1.807) is 0 Å². The number of halogens is 1. The SMILES string of the molecule is CC(C)(O)C1CCN(CCOc2ccc3nc(NC(=O)c4ccc(F)cc4)n(C4CCC(C(N)=O)CC4)c3c2)CC1. The number of benzene rings is 2. The summed E-state index contributed by atoms with van der Waals surface area (Å²) >= 11 is 0. The number of rotatable bonds is 9. The van der Waals surface area contributed by atoms with Crippen molar-refractivity contribution in [2.75, 3.05) is 31.6 Å². The lowest BCUT2D eigenvalue weighted by Gasteiger charge is -2.37. The summed E-state index contributed by atoms with van der Waals surface area (Å²) in [6.45, 7) is 6.99. The summed E-state index contributed by atoms with van der Waals surface area (Å²) in [4.78, 5) is 31.9. The normalized spacial score (nSPS) is 20.7. The Labute approximate surface area is 239 Å². The molecule has 3 aromatic rings. The Morgan fingerprint density at radius 3 is 2.39 bits per heavy atom. The second-order valence-electron chi connectivity index (χ2n) is 11.9. The molecule has 0 spiro atoms. The van der Waals surface area contributed by atoms with Crippen LogP contribution in [0.25, 0.3) is 11.0 Å². The predicted octanol–water partition coefficient (Wildman–Crippen LogP) is 4.51. The van der Waals surface area contributed by atoms with Crippen molar-refractivity contribution in [2.24, 2.45) is 17.6 Å². The highest BCUT2D eigenvalue weighted by Crippen LogP contribution is 2.37. The number of nitrogens with two attached hydrogens (primary N) is 1. The lowest BCUT2D eigenvalue weighted by Crippen LogP contribution is -2.43. The number of carbonyl (C=O) groups is 2. The van der Waals surface area contributed by atoms with Gasteiger partial charge in [-0.25, -0.2) is 9.37 Å². The first-order chi connectivity index (χ1) is 19.6. The maximum Gasteiger partial charge on any atom is 0.257 e. The van der Waals surface area contributed by atoms with Gasteiger partial charge in [-0.1, -0.05) is 0 Å². The summed E-state index contributed by atoms with van der Waals surface area (Å²) in [6, 6.07) is 11.1. The maximum atomic E-state index is 13.4. The molecule has 0 atom stereocenters. The van der Waals surface area contributed by atoms with E-state index in [-0.39, 0.29) is 23.8 Å². The highest BCUT2D eigenvalue weighted by atomic mass is 19.1. The number of primary amides is 1. The van der Waals surface area contributed by atoms with Gasteiger partial charge in [-0.3, -0.25) is 19.8 Å². The van der Waals surface area contributed by atoms with Crippen LogP contribution in [0.2, 0.25) is 0 Å². The second-order valence-corrected chi connectivity index (χ2v) is 11.9. The number of hydrogen-bond donors (Lipinski definition) is 3. The van der Waals surface area contributed by atoms with E-state index in [9.17, 15) is 19.1 Å². The minimum atomic E-state index is -0.641. The van der Waals surface area contributed by atoms with E-state index in [1.165, 1.54) is 24.3 Å². The van der Waals surface area contributed by atoms with E-state index >= 15 is 0 Å². The molecule has 1 aromatic heterocycles. The third-order valence-electron chi connectivity index (χ3n) is 8.72. The van der Waals surface area contributed by atoms with E-state index < -0.39 is 11.4 Å². The van der Waals surface area contributed by atoms with Crippen LogP contribution in [0, 0.1) is 17.7 Å². The minimum absolute atomic E-state index is 0.0199. The molecule has 2 aromatic carbocycles. The number of imidazole rings is 1. The smallest absolute Gasteiger partial charge is 0.257 e. The fourth-order valence-electron chi connectivity index (χ4n) is 6.17. The van der Waals surface area contributed by atoms with Crippen molar-refractivity contribution < 1.29 is 23.8 Å². The predicted molar refractivity (Wildman–Crippen MR) is 155 cm³/mol. The van der Waals surface area contributed by atoms with Crippen molar-refractivity contribution >= 4 is 28.8 Å². The number of hydrogen-bond acceptors (Lipinski definition) is 6. The summed E-state index contributed by atoms with van der Waals surface area (Å²) in [7, 11) is 0. The van der Waals surface area contributed by atoms with Gasteiger partial charge in [0, 0.05) is 30.1 Å². The lowest BCUT2D eigenvalue weighted by molar-refractivity contribution is -0.122. The Morgan fingerprint density at radius 1 is 1.07 bits per heavy atom. The van der Waals surface area contributed by atoms with E-state index in [2.05, 4.69) is 10.2 Å². The molecule has 0 bridgehead atoms. The molecule has 2 heterocycles. The van der Waals surface area contributed by atoms with E-state index in [0.717, 1.165) is 56.4 Å². The van der Waals surface area contributed by atoms with Crippen molar-refractivity contribution in [2.45, 2.75) is 64.0 Å². The molecule has 1 aliphatic carbocycles. The van der Waals surface area contributed by atoms with Gasteiger partial charge in [-0.15, -0.1) is 0 Å². The van der Waals surface area contributed by atoms with Crippen molar-refractivity contribution in [1.29, 1.82) is 0 Å². The number of likely N-dealkylation sites (tertiary alicyclic amines) is 1. The first-order valence-electron chi connectivity index (χ1n) is 14.5. The molecule has 1 aliphatic heterocycles. The summed E-state index contributed by atoms with van der Waals surface area (Å²) in [5.74, 6) is 0.229. The fourth-order valence-corrected chi connectivity index (χ4v) is 6.17. The Bertz CT molecular complexity index is 1370. The van der Waals surface area contributed by atoms with Crippen molar-refractivity contribution in [3.8, 4) is 5.75 Å². The molecule has 2 amide bonds. The van der Waals surface area contributed by atoms with E-state index in [1.807, 2.05) is 36.6 Å². The third kappa shape index (κ3) is 6.87. The number of amides is 2. The zero-order chi connectivity index (χ0) is 29.1. The molecule has 10 heteroatoms.